The van der Waals surface area contributed by atoms with Gasteiger partial charge in [0.2, 0.25) is 5.91 Å². The molecule has 1 atom stereocenters. The molecule has 1 aliphatic rings. The van der Waals surface area contributed by atoms with Gasteiger partial charge in [-0.3, -0.25) is 15.0 Å². The Morgan fingerprint density at radius 3 is 2.38 bits per heavy atom. The molecule has 3 N–H and O–H groups in total. The van der Waals surface area contributed by atoms with Crippen LogP contribution in [0.4, 0.5) is 18.0 Å². The monoisotopic (exact) mass is 373 g/mol. The topological polar surface area (TPSA) is 81.7 Å². The molecule has 0 saturated carbocycles. The zero-order valence-corrected chi connectivity index (χ0v) is 14.1. The second kappa shape index (κ2) is 9.00. The number of amides is 3. The van der Waals surface area contributed by atoms with Crippen molar-refractivity contribution in [1.29, 1.82) is 0 Å². The molecule has 1 saturated heterocycles. The van der Waals surface area contributed by atoms with Crippen LogP contribution in [0.2, 0.25) is 0 Å². The lowest BCUT2D eigenvalue weighted by Gasteiger charge is -2.33. The SMILES string of the molecule is O=C(CN1CCC(C(O)c2ccccc2)CC1)NC(=O)NCC(F)(F)F. The van der Waals surface area contributed by atoms with Crippen LogP contribution >= 0.6 is 0 Å². The van der Waals surface area contributed by atoms with Crippen molar-refractivity contribution in [3.05, 3.63) is 35.9 Å². The molecule has 1 fully saturated rings. The molecule has 0 spiro atoms. The summed E-state index contributed by atoms with van der Waals surface area (Å²) in [6, 6.07) is 8.17. The van der Waals surface area contributed by atoms with Crippen molar-refractivity contribution >= 4 is 11.9 Å². The molecule has 6 nitrogen and oxygen atoms in total. The summed E-state index contributed by atoms with van der Waals surface area (Å²) in [5.74, 6) is -0.585. The van der Waals surface area contributed by atoms with E-state index in [1.54, 1.807) is 10.2 Å². The molecular weight excluding hydrogens is 351 g/mol. The molecule has 1 aliphatic heterocycles. The van der Waals surface area contributed by atoms with Crippen LogP contribution < -0.4 is 10.6 Å². The first-order valence-corrected chi connectivity index (χ1v) is 8.34. The van der Waals surface area contributed by atoms with Crippen LogP contribution in [0, 0.1) is 5.92 Å². The number of aliphatic hydroxyl groups is 1. The predicted molar refractivity (Wildman–Crippen MR) is 88.2 cm³/mol. The molecule has 0 aromatic heterocycles. The van der Waals surface area contributed by atoms with E-state index in [4.69, 9.17) is 0 Å². The highest BCUT2D eigenvalue weighted by molar-refractivity contribution is 5.95. The molecule has 9 heteroatoms. The number of halogens is 3. The molecule has 0 radical (unpaired) electrons. The van der Waals surface area contributed by atoms with E-state index in [2.05, 4.69) is 0 Å². The average Bonchev–Trinajstić information content (AvgIpc) is 2.60. The van der Waals surface area contributed by atoms with Crippen molar-refractivity contribution in [2.24, 2.45) is 5.92 Å². The quantitative estimate of drug-likeness (QED) is 0.735. The first-order valence-electron chi connectivity index (χ1n) is 8.34. The lowest BCUT2D eigenvalue weighted by atomic mass is 9.87. The van der Waals surface area contributed by atoms with E-state index >= 15 is 0 Å². The summed E-state index contributed by atoms with van der Waals surface area (Å²) in [5.41, 5.74) is 0.852. The van der Waals surface area contributed by atoms with Crippen LogP contribution in [0.15, 0.2) is 30.3 Å². The molecule has 144 valence electrons. The van der Waals surface area contributed by atoms with E-state index in [-0.39, 0.29) is 12.5 Å². The van der Waals surface area contributed by atoms with Gasteiger partial charge in [0.05, 0.1) is 12.6 Å². The van der Waals surface area contributed by atoms with Crippen LogP contribution in [0.25, 0.3) is 0 Å². The maximum absolute atomic E-state index is 12.0. The maximum atomic E-state index is 12.0. The predicted octanol–water partition coefficient (Wildman–Crippen LogP) is 1.82. The summed E-state index contributed by atoms with van der Waals surface area (Å²) in [7, 11) is 0. The molecule has 3 amide bonds. The number of likely N-dealkylation sites (tertiary alicyclic amines) is 1. The third-order valence-corrected chi connectivity index (χ3v) is 4.29. The molecule has 1 aromatic rings. The first kappa shape index (κ1) is 20.2. The Labute approximate surface area is 149 Å². The number of rotatable bonds is 5. The summed E-state index contributed by atoms with van der Waals surface area (Å²) in [4.78, 5) is 24.8. The molecule has 0 bridgehead atoms. The number of piperidine rings is 1. The minimum absolute atomic E-state index is 0.0757. The molecule has 2 rings (SSSR count). The highest BCUT2D eigenvalue weighted by Gasteiger charge is 2.29. The highest BCUT2D eigenvalue weighted by atomic mass is 19.4. The van der Waals surface area contributed by atoms with Crippen molar-refractivity contribution in [1.82, 2.24) is 15.5 Å². The smallest absolute Gasteiger partial charge is 0.388 e. The van der Waals surface area contributed by atoms with Gasteiger partial charge in [0.25, 0.3) is 0 Å². The zero-order valence-electron chi connectivity index (χ0n) is 14.1. The third kappa shape index (κ3) is 6.64. The van der Waals surface area contributed by atoms with E-state index in [1.165, 1.54) is 0 Å². The second-order valence-electron chi connectivity index (χ2n) is 6.32. The van der Waals surface area contributed by atoms with E-state index in [1.807, 2.05) is 35.6 Å². The number of alkyl halides is 3. The number of hydrogen-bond acceptors (Lipinski definition) is 4. The summed E-state index contributed by atoms with van der Waals surface area (Å²) < 4.78 is 36.0. The largest absolute Gasteiger partial charge is 0.405 e. The molecule has 1 aromatic carbocycles. The van der Waals surface area contributed by atoms with Gasteiger partial charge in [-0.15, -0.1) is 0 Å². The molecule has 26 heavy (non-hydrogen) atoms. The minimum Gasteiger partial charge on any atom is -0.388 e. The van der Waals surface area contributed by atoms with Crippen molar-refractivity contribution in [3.8, 4) is 0 Å². The Kier molecular flexibility index (Phi) is 6.98. The van der Waals surface area contributed by atoms with Gasteiger partial charge in [-0.05, 0) is 37.4 Å². The zero-order chi connectivity index (χ0) is 19.2. The molecule has 1 unspecified atom stereocenters. The van der Waals surface area contributed by atoms with Gasteiger partial charge in [-0.1, -0.05) is 30.3 Å². The van der Waals surface area contributed by atoms with Gasteiger partial charge in [0.15, 0.2) is 0 Å². The average molecular weight is 373 g/mol. The van der Waals surface area contributed by atoms with Crippen LogP contribution in [0.1, 0.15) is 24.5 Å². The minimum atomic E-state index is -4.53. The van der Waals surface area contributed by atoms with E-state index in [0.717, 1.165) is 5.56 Å². The van der Waals surface area contributed by atoms with Crippen molar-refractivity contribution in [2.75, 3.05) is 26.2 Å². The van der Waals surface area contributed by atoms with Gasteiger partial charge in [-0.25, -0.2) is 4.79 Å². The van der Waals surface area contributed by atoms with Gasteiger partial charge < -0.3 is 10.4 Å². The normalized spacial score (nSPS) is 17.5. The molecule has 0 aliphatic carbocycles. The molecular formula is C17H22F3N3O3. The number of nitrogens with one attached hydrogen (secondary N) is 2. The summed E-state index contributed by atoms with van der Waals surface area (Å²) in [6.45, 7) is -0.444. The van der Waals surface area contributed by atoms with E-state index < -0.39 is 30.8 Å². The number of carbonyl (C=O) groups excluding carboxylic acids is 2. The van der Waals surface area contributed by atoms with Crippen LogP contribution in [0.3, 0.4) is 0 Å². The fraction of sp³-hybridized carbons (Fsp3) is 0.529. The first-order chi connectivity index (χ1) is 12.2. The standard InChI is InChI=1S/C17H22F3N3O3/c18-17(19,20)11-21-16(26)22-14(24)10-23-8-6-13(7-9-23)15(25)12-4-2-1-3-5-12/h1-5,13,15,25H,6-11H2,(H2,21,22,24,26). The lowest BCUT2D eigenvalue weighted by Crippen LogP contribution is -2.48. The van der Waals surface area contributed by atoms with Crippen molar-refractivity contribution in [2.45, 2.75) is 25.1 Å². The summed E-state index contributed by atoms with van der Waals surface area (Å²) in [5, 5.41) is 13.9. The number of urea groups is 1. The summed E-state index contributed by atoms with van der Waals surface area (Å²) in [6.07, 6.45) is -3.73. The van der Waals surface area contributed by atoms with E-state index in [0.29, 0.717) is 25.9 Å². The number of benzene rings is 1. The number of carbonyl (C=O) groups is 2. The Morgan fingerprint density at radius 2 is 1.81 bits per heavy atom. The number of hydrogen-bond donors (Lipinski definition) is 3. The Morgan fingerprint density at radius 1 is 1.19 bits per heavy atom. The fourth-order valence-electron chi connectivity index (χ4n) is 2.94. The highest BCUT2D eigenvalue weighted by Crippen LogP contribution is 2.30. The number of nitrogens with zero attached hydrogens (tertiary/aromatic N) is 1. The van der Waals surface area contributed by atoms with E-state index in [9.17, 15) is 27.9 Å². The van der Waals surface area contributed by atoms with Crippen molar-refractivity contribution < 1.29 is 27.9 Å². The van der Waals surface area contributed by atoms with Gasteiger partial charge >= 0.3 is 12.2 Å². The Balaban J connectivity index is 1.71. The fourth-order valence-corrected chi connectivity index (χ4v) is 2.94. The van der Waals surface area contributed by atoms with Crippen LogP contribution in [-0.4, -0.2) is 54.3 Å². The summed E-state index contributed by atoms with van der Waals surface area (Å²) >= 11 is 0. The van der Waals surface area contributed by atoms with Gasteiger partial charge in [-0.2, -0.15) is 13.2 Å². The third-order valence-electron chi connectivity index (χ3n) is 4.29. The van der Waals surface area contributed by atoms with Gasteiger partial charge in [0, 0.05) is 0 Å². The lowest BCUT2D eigenvalue weighted by molar-refractivity contribution is -0.125. The maximum Gasteiger partial charge on any atom is 0.405 e. The van der Waals surface area contributed by atoms with Gasteiger partial charge in [0.1, 0.15) is 6.54 Å². The number of imide groups is 1. The number of aliphatic hydroxyl groups excluding tert-OH is 1. The van der Waals surface area contributed by atoms with Crippen LogP contribution in [0.5, 0.6) is 0 Å². The Bertz CT molecular complexity index is 602. The van der Waals surface area contributed by atoms with Crippen LogP contribution in [-0.2, 0) is 4.79 Å². The Hall–Kier alpha value is -2.13. The second-order valence-corrected chi connectivity index (χ2v) is 6.32. The van der Waals surface area contributed by atoms with Crippen molar-refractivity contribution in [3.63, 3.8) is 0 Å². The molecule has 1 heterocycles.